The molecule has 0 spiro atoms. The van der Waals surface area contributed by atoms with Crippen molar-refractivity contribution in [2.45, 2.75) is 70.6 Å². The topological polar surface area (TPSA) is 59.2 Å². The lowest BCUT2D eigenvalue weighted by atomic mass is 9.75. The van der Waals surface area contributed by atoms with Gasteiger partial charge in [-0.25, -0.2) is 0 Å². The molecule has 5 heteroatoms. The van der Waals surface area contributed by atoms with E-state index >= 15 is 0 Å². The van der Waals surface area contributed by atoms with E-state index in [-0.39, 0.29) is 11.8 Å². The highest BCUT2D eigenvalue weighted by atomic mass is 16.4. The van der Waals surface area contributed by atoms with E-state index in [0.29, 0.717) is 17.7 Å². The van der Waals surface area contributed by atoms with Crippen LogP contribution in [0.4, 0.5) is 0 Å². The summed E-state index contributed by atoms with van der Waals surface area (Å²) in [6.07, 6.45) is 7.94. The molecule has 0 radical (unpaired) electrons. The van der Waals surface area contributed by atoms with Crippen LogP contribution in [0.15, 0.2) is 28.7 Å². The molecule has 2 heterocycles. The SMILES string of the molecule is Cc1ccc(C(C(=O)N2CCC(c3nnc(C)o3)CC2)C2CCCCC2)cc1. The standard InChI is InChI=1S/C23H31N3O2/c1-16-8-10-19(11-9-16)21(18-6-4-3-5-7-18)23(27)26-14-12-20(13-15-26)22-25-24-17(2)28-22/h8-11,18,20-21H,3-7,12-15H2,1-2H3. The van der Waals surface area contributed by atoms with Crippen LogP contribution in [-0.4, -0.2) is 34.1 Å². The second-order valence-corrected chi connectivity index (χ2v) is 8.55. The Hall–Kier alpha value is -2.17. The van der Waals surface area contributed by atoms with E-state index in [1.54, 1.807) is 0 Å². The number of benzene rings is 1. The summed E-state index contributed by atoms with van der Waals surface area (Å²) in [4.78, 5) is 15.7. The Bertz CT molecular complexity index is 784. The second-order valence-electron chi connectivity index (χ2n) is 8.55. The quantitative estimate of drug-likeness (QED) is 0.766. The number of rotatable bonds is 4. The third kappa shape index (κ3) is 4.13. The van der Waals surface area contributed by atoms with Crippen molar-refractivity contribution in [2.24, 2.45) is 5.92 Å². The van der Waals surface area contributed by atoms with Crippen LogP contribution in [0.5, 0.6) is 0 Å². The lowest BCUT2D eigenvalue weighted by Gasteiger charge is -2.37. The van der Waals surface area contributed by atoms with Gasteiger partial charge in [0, 0.05) is 25.9 Å². The van der Waals surface area contributed by atoms with E-state index in [1.165, 1.54) is 43.2 Å². The number of amides is 1. The van der Waals surface area contributed by atoms with Crippen molar-refractivity contribution < 1.29 is 9.21 Å². The van der Waals surface area contributed by atoms with Gasteiger partial charge in [-0.05, 0) is 44.1 Å². The third-order valence-electron chi connectivity index (χ3n) is 6.52. The van der Waals surface area contributed by atoms with E-state index in [9.17, 15) is 4.79 Å². The smallest absolute Gasteiger partial charge is 0.230 e. The number of aromatic nitrogens is 2. The van der Waals surface area contributed by atoms with E-state index in [0.717, 1.165) is 31.8 Å². The minimum absolute atomic E-state index is 0.00287. The van der Waals surface area contributed by atoms with Gasteiger partial charge in [0.15, 0.2) is 0 Å². The molecule has 28 heavy (non-hydrogen) atoms. The maximum Gasteiger partial charge on any atom is 0.230 e. The number of piperidine rings is 1. The minimum Gasteiger partial charge on any atom is -0.425 e. The summed E-state index contributed by atoms with van der Waals surface area (Å²) in [7, 11) is 0. The predicted octanol–water partition coefficient (Wildman–Crippen LogP) is 4.76. The molecule has 1 saturated carbocycles. The zero-order valence-electron chi connectivity index (χ0n) is 17.1. The molecule has 0 bridgehead atoms. The molecule has 1 aliphatic heterocycles. The van der Waals surface area contributed by atoms with Gasteiger partial charge in [-0.3, -0.25) is 4.79 Å². The van der Waals surface area contributed by atoms with Crippen LogP contribution in [0.1, 0.15) is 79.7 Å². The normalized spacial score (nSPS) is 20.3. The fourth-order valence-corrected chi connectivity index (χ4v) is 4.88. The summed E-state index contributed by atoms with van der Waals surface area (Å²) in [5, 5.41) is 8.14. The Labute approximate surface area is 167 Å². The van der Waals surface area contributed by atoms with E-state index < -0.39 is 0 Å². The van der Waals surface area contributed by atoms with Crippen LogP contribution in [0.2, 0.25) is 0 Å². The molecule has 1 aromatic carbocycles. The van der Waals surface area contributed by atoms with Gasteiger partial charge in [-0.1, -0.05) is 49.1 Å². The van der Waals surface area contributed by atoms with Gasteiger partial charge in [0.2, 0.25) is 17.7 Å². The Kier molecular flexibility index (Phi) is 5.79. The van der Waals surface area contributed by atoms with Crippen LogP contribution in [-0.2, 0) is 4.79 Å². The molecule has 2 fully saturated rings. The molecule has 1 saturated heterocycles. The van der Waals surface area contributed by atoms with Crippen LogP contribution >= 0.6 is 0 Å². The number of aryl methyl sites for hydroxylation is 2. The largest absolute Gasteiger partial charge is 0.425 e. The number of carbonyl (C=O) groups excluding carboxylic acids is 1. The van der Waals surface area contributed by atoms with Gasteiger partial charge < -0.3 is 9.32 Å². The molecular formula is C23H31N3O2. The first-order valence-electron chi connectivity index (χ1n) is 10.8. The number of likely N-dealkylation sites (tertiary alicyclic amines) is 1. The first-order chi connectivity index (χ1) is 13.6. The molecule has 2 aromatic rings. The zero-order valence-corrected chi connectivity index (χ0v) is 17.1. The van der Waals surface area contributed by atoms with Crippen LogP contribution in [0.3, 0.4) is 0 Å². The van der Waals surface area contributed by atoms with Gasteiger partial charge in [0.05, 0.1) is 5.92 Å². The number of hydrogen-bond acceptors (Lipinski definition) is 4. The summed E-state index contributed by atoms with van der Waals surface area (Å²) in [5.41, 5.74) is 2.44. The molecular weight excluding hydrogens is 350 g/mol. The average molecular weight is 382 g/mol. The van der Waals surface area contributed by atoms with Crippen LogP contribution < -0.4 is 0 Å². The van der Waals surface area contributed by atoms with Gasteiger partial charge >= 0.3 is 0 Å². The number of nitrogens with zero attached hydrogens (tertiary/aromatic N) is 3. The summed E-state index contributed by atoms with van der Waals surface area (Å²) in [6, 6.07) is 8.62. The molecule has 5 nitrogen and oxygen atoms in total. The molecule has 1 aliphatic carbocycles. The van der Waals surface area contributed by atoms with Crippen molar-refractivity contribution in [3.05, 3.63) is 47.2 Å². The molecule has 150 valence electrons. The van der Waals surface area contributed by atoms with E-state index in [1.807, 2.05) is 6.92 Å². The van der Waals surface area contributed by atoms with Crippen molar-refractivity contribution in [2.75, 3.05) is 13.1 Å². The van der Waals surface area contributed by atoms with Crippen molar-refractivity contribution in [1.29, 1.82) is 0 Å². The number of hydrogen-bond donors (Lipinski definition) is 0. The highest BCUT2D eigenvalue weighted by molar-refractivity contribution is 5.84. The van der Waals surface area contributed by atoms with Crippen molar-refractivity contribution >= 4 is 5.91 Å². The maximum atomic E-state index is 13.6. The van der Waals surface area contributed by atoms with Gasteiger partial charge in [-0.2, -0.15) is 0 Å². The Morgan fingerprint density at radius 3 is 2.29 bits per heavy atom. The molecule has 1 aromatic heterocycles. The Morgan fingerprint density at radius 1 is 1.00 bits per heavy atom. The summed E-state index contributed by atoms with van der Waals surface area (Å²) in [5.74, 6) is 2.41. The van der Waals surface area contributed by atoms with E-state index in [4.69, 9.17) is 4.42 Å². The molecule has 1 atom stereocenters. The summed E-state index contributed by atoms with van der Waals surface area (Å²) >= 11 is 0. The highest BCUT2D eigenvalue weighted by Crippen LogP contribution is 2.38. The van der Waals surface area contributed by atoms with Crippen molar-refractivity contribution in [3.63, 3.8) is 0 Å². The van der Waals surface area contributed by atoms with Crippen LogP contribution in [0.25, 0.3) is 0 Å². The van der Waals surface area contributed by atoms with Crippen molar-refractivity contribution in [3.8, 4) is 0 Å². The molecule has 0 N–H and O–H groups in total. The lowest BCUT2D eigenvalue weighted by molar-refractivity contribution is -0.135. The van der Waals surface area contributed by atoms with E-state index in [2.05, 4.69) is 46.3 Å². The third-order valence-corrected chi connectivity index (χ3v) is 6.52. The lowest BCUT2D eigenvalue weighted by Crippen LogP contribution is -2.42. The fourth-order valence-electron chi connectivity index (χ4n) is 4.88. The predicted molar refractivity (Wildman–Crippen MR) is 108 cm³/mol. The maximum absolute atomic E-state index is 13.6. The van der Waals surface area contributed by atoms with Gasteiger partial charge in [0.1, 0.15) is 0 Å². The zero-order chi connectivity index (χ0) is 19.5. The minimum atomic E-state index is 0.00287. The highest BCUT2D eigenvalue weighted by Gasteiger charge is 2.36. The average Bonchev–Trinajstić information content (AvgIpc) is 3.17. The first kappa shape index (κ1) is 19.2. The monoisotopic (exact) mass is 381 g/mol. The molecule has 1 amide bonds. The first-order valence-corrected chi connectivity index (χ1v) is 10.8. The molecule has 4 rings (SSSR count). The summed E-state index contributed by atoms with van der Waals surface area (Å²) in [6.45, 7) is 5.48. The van der Waals surface area contributed by atoms with Crippen molar-refractivity contribution in [1.82, 2.24) is 15.1 Å². The van der Waals surface area contributed by atoms with Gasteiger partial charge in [0.25, 0.3) is 0 Å². The second kappa shape index (κ2) is 8.46. The molecule has 2 aliphatic rings. The fraction of sp³-hybridized carbons (Fsp3) is 0.609. The summed E-state index contributed by atoms with van der Waals surface area (Å²) < 4.78 is 5.62. The Balaban J connectivity index is 1.48. The van der Waals surface area contributed by atoms with Gasteiger partial charge in [-0.15, -0.1) is 10.2 Å². The number of carbonyl (C=O) groups is 1. The Morgan fingerprint density at radius 2 is 1.68 bits per heavy atom. The van der Waals surface area contributed by atoms with Crippen LogP contribution in [0, 0.1) is 19.8 Å². The molecule has 1 unspecified atom stereocenters.